The molecule has 0 aliphatic heterocycles. The Morgan fingerprint density at radius 1 is 1.33 bits per heavy atom. The Morgan fingerprint density at radius 3 is 2.72 bits per heavy atom. The van der Waals surface area contributed by atoms with Crippen LogP contribution in [-0.2, 0) is 6.42 Å². The number of hydrogen-bond acceptors (Lipinski definition) is 5. The standard InChI is InChI=1S/C13H17N3O2/c1-9-2-4-10(5-3-9)8-12-15-13(18-16-12)11(14)6-7-17/h2-5,11,17H,6-8,14H2,1H3. The van der Waals surface area contributed by atoms with Crippen molar-refractivity contribution in [1.82, 2.24) is 10.1 Å². The molecule has 5 nitrogen and oxygen atoms in total. The molecule has 0 amide bonds. The molecule has 0 aliphatic carbocycles. The predicted octanol–water partition coefficient (Wildman–Crippen LogP) is 1.35. The summed E-state index contributed by atoms with van der Waals surface area (Å²) < 4.78 is 5.08. The Labute approximate surface area is 106 Å². The van der Waals surface area contributed by atoms with Gasteiger partial charge in [-0.25, -0.2) is 0 Å². The Kier molecular flexibility index (Phi) is 4.07. The highest BCUT2D eigenvalue weighted by Crippen LogP contribution is 2.13. The van der Waals surface area contributed by atoms with Crippen LogP contribution in [0.1, 0.15) is 35.3 Å². The zero-order chi connectivity index (χ0) is 13.0. The van der Waals surface area contributed by atoms with E-state index in [2.05, 4.69) is 10.1 Å². The number of aliphatic hydroxyl groups excluding tert-OH is 1. The first-order valence-corrected chi connectivity index (χ1v) is 5.93. The quantitative estimate of drug-likeness (QED) is 0.833. The summed E-state index contributed by atoms with van der Waals surface area (Å²) in [6.07, 6.45) is 1.04. The minimum absolute atomic E-state index is 0.0108. The van der Waals surface area contributed by atoms with Gasteiger partial charge in [0, 0.05) is 13.0 Å². The second-order valence-corrected chi connectivity index (χ2v) is 4.33. The monoisotopic (exact) mass is 247 g/mol. The molecule has 0 spiro atoms. The third-order valence-corrected chi connectivity index (χ3v) is 2.72. The summed E-state index contributed by atoms with van der Waals surface area (Å²) in [5.74, 6) is 0.994. The molecule has 0 fully saturated rings. The molecule has 0 aliphatic rings. The van der Waals surface area contributed by atoms with Crippen molar-refractivity contribution in [3.05, 3.63) is 47.1 Å². The van der Waals surface area contributed by atoms with Gasteiger partial charge in [0.25, 0.3) is 0 Å². The number of aliphatic hydroxyl groups is 1. The van der Waals surface area contributed by atoms with Crippen molar-refractivity contribution in [3.8, 4) is 0 Å². The molecule has 0 radical (unpaired) electrons. The molecule has 5 heteroatoms. The second-order valence-electron chi connectivity index (χ2n) is 4.33. The third kappa shape index (κ3) is 3.15. The second kappa shape index (κ2) is 5.75. The van der Waals surface area contributed by atoms with Gasteiger partial charge in [-0.3, -0.25) is 0 Å². The van der Waals surface area contributed by atoms with Crippen molar-refractivity contribution >= 4 is 0 Å². The lowest BCUT2D eigenvalue weighted by Crippen LogP contribution is -2.12. The molecule has 3 N–H and O–H groups in total. The highest BCUT2D eigenvalue weighted by Gasteiger charge is 2.14. The maximum Gasteiger partial charge on any atom is 0.243 e. The van der Waals surface area contributed by atoms with Gasteiger partial charge in [-0.2, -0.15) is 4.98 Å². The molecule has 2 aromatic rings. The van der Waals surface area contributed by atoms with E-state index in [1.807, 2.05) is 31.2 Å². The maximum atomic E-state index is 8.80. The average molecular weight is 247 g/mol. The highest BCUT2D eigenvalue weighted by atomic mass is 16.5. The lowest BCUT2D eigenvalue weighted by Gasteiger charge is -2.01. The van der Waals surface area contributed by atoms with Crippen molar-refractivity contribution in [3.63, 3.8) is 0 Å². The van der Waals surface area contributed by atoms with Crippen molar-refractivity contribution in [2.75, 3.05) is 6.61 Å². The zero-order valence-electron chi connectivity index (χ0n) is 10.3. The van der Waals surface area contributed by atoms with E-state index in [4.69, 9.17) is 15.4 Å². The number of nitrogens with two attached hydrogens (primary N) is 1. The van der Waals surface area contributed by atoms with Gasteiger partial charge in [-0.15, -0.1) is 0 Å². The fourth-order valence-electron chi connectivity index (χ4n) is 1.64. The number of benzene rings is 1. The third-order valence-electron chi connectivity index (χ3n) is 2.72. The molecule has 0 bridgehead atoms. The number of aromatic nitrogens is 2. The van der Waals surface area contributed by atoms with Gasteiger partial charge in [0.15, 0.2) is 5.82 Å². The molecule has 18 heavy (non-hydrogen) atoms. The first-order valence-electron chi connectivity index (χ1n) is 5.93. The summed E-state index contributed by atoms with van der Waals surface area (Å²) in [5.41, 5.74) is 8.12. The lowest BCUT2D eigenvalue weighted by atomic mass is 10.1. The summed E-state index contributed by atoms with van der Waals surface area (Å²) in [4.78, 5) is 4.23. The molecule has 1 atom stereocenters. The maximum absolute atomic E-state index is 8.80. The van der Waals surface area contributed by atoms with Crippen LogP contribution in [0, 0.1) is 6.92 Å². The molecule has 96 valence electrons. The fraction of sp³-hybridized carbons (Fsp3) is 0.385. The summed E-state index contributed by atoms with van der Waals surface area (Å²) >= 11 is 0. The number of hydrogen-bond donors (Lipinski definition) is 2. The average Bonchev–Trinajstić information content (AvgIpc) is 2.81. The van der Waals surface area contributed by atoms with Gasteiger partial charge in [-0.1, -0.05) is 35.0 Å². The van der Waals surface area contributed by atoms with E-state index in [1.165, 1.54) is 5.56 Å². The van der Waals surface area contributed by atoms with Gasteiger partial charge in [-0.05, 0) is 18.9 Å². The van der Waals surface area contributed by atoms with Crippen LogP contribution in [0.3, 0.4) is 0 Å². The summed E-state index contributed by atoms with van der Waals surface area (Å²) in [5, 5.41) is 12.7. The summed E-state index contributed by atoms with van der Waals surface area (Å²) in [6.45, 7) is 2.06. The van der Waals surface area contributed by atoms with E-state index in [-0.39, 0.29) is 6.61 Å². The van der Waals surface area contributed by atoms with Gasteiger partial charge >= 0.3 is 0 Å². The zero-order valence-corrected chi connectivity index (χ0v) is 10.3. The van der Waals surface area contributed by atoms with E-state index in [1.54, 1.807) is 0 Å². The Bertz CT molecular complexity index is 493. The Balaban J connectivity index is 2.04. The molecule has 0 saturated carbocycles. The number of aryl methyl sites for hydroxylation is 1. The normalized spacial score (nSPS) is 12.6. The van der Waals surface area contributed by atoms with Gasteiger partial charge in [0.2, 0.25) is 5.89 Å². The SMILES string of the molecule is Cc1ccc(Cc2noc(C(N)CCO)n2)cc1. The largest absolute Gasteiger partial charge is 0.396 e. The van der Waals surface area contributed by atoms with Crippen molar-refractivity contribution in [2.24, 2.45) is 5.73 Å². The minimum Gasteiger partial charge on any atom is -0.396 e. The molecule has 1 aromatic carbocycles. The van der Waals surface area contributed by atoms with E-state index in [0.29, 0.717) is 24.6 Å². The van der Waals surface area contributed by atoms with E-state index in [9.17, 15) is 0 Å². The number of nitrogens with zero attached hydrogens (tertiary/aromatic N) is 2. The van der Waals surface area contributed by atoms with Crippen molar-refractivity contribution in [2.45, 2.75) is 25.8 Å². The molecule has 0 saturated heterocycles. The van der Waals surface area contributed by atoms with E-state index in [0.717, 1.165) is 5.56 Å². The van der Waals surface area contributed by atoms with E-state index < -0.39 is 6.04 Å². The van der Waals surface area contributed by atoms with Crippen LogP contribution in [0.25, 0.3) is 0 Å². The van der Waals surface area contributed by atoms with Crippen molar-refractivity contribution in [1.29, 1.82) is 0 Å². The van der Waals surface area contributed by atoms with Crippen LogP contribution in [0.15, 0.2) is 28.8 Å². The molecule has 2 rings (SSSR count). The Hall–Kier alpha value is -1.72. The first-order chi connectivity index (χ1) is 8.69. The molecule has 1 aromatic heterocycles. The van der Waals surface area contributed by atoms with Gasteiger partial charge in [0.05, 0.1) is 6.04 Å². The topological polar surface area (TPSA) is 85.2 Å². The Morgan fingerprint density at radius 2 is 2.06 bits per heavy atom. The van der Waals surface area contributed by atoms with Crippen LogP contribution >= 0.6 is 0 Å². The van der Waals surface area contributed by atoms with Crippen LogP contribution in [0.5, 0.6) is 0 Å². The smallest absolute Gasteiger partial charge is 0.243 e. The molecular weight excluding hydrogens is 230 g/mol. The fourth-order valence-corrected chi connectivity index (χ4v) is 1.64. The molecule has 1 heterocycles. The van der Waals surface area contributed by atoms with Gasteiger partial charge < -0.3 is 15.4 Å². The predicted molar refractivity (Wildman–Crippen MR) is 66.9 cm³/mol. The van der Waals surface area contributed by atoms with Crippen LogP contribution in [-0.4, -0.2) is 21.9 Å². The molecular formula is C13H17N3O2. The lowest BCUT2D eigenvalue weighted by molar-refractivity contribution is 0.259. The van der Waals surface area contributed by atoms with Crippen molar-refractivity contribution < 1.29 is 9.63 Å². The number of rotatable bonds is 5. The minimum atomic E-state index is -0.394. The van der Waals surface area contributed by atoms with Crippen LogP contribution < -0.4 is 5.73 Å². The van der Waals surface area contributed by atoms with Gasteiger partial charge in [0.1, 0.15) is 0 Å². The van der Waals surface area contributed by atoms with Crippen LogP contribution in [0.4, 0.5) is 0 Å². The van der Waals surface area contributed by atoms with Crippen LogP contribution in [0.2, 0.25) is 0 Å². The first kappa shape index (κ1) is 12.7. The summed E-state index contributed by atoms with van der Waals surface area (Å²) in [6, 6.07) is 7.79. The van der Waals surface area contributed by atoms with E-state index >= 15 is 0 Å². The highest BCUT2D eigenvalue weighted by molar-refractivity contribution is 5.23. The molecule has 1 unspecified atom stereocenters. The summed E-state index contributed by atoms with van der Waals surface area (Å²) in [7, 11) is 0.